The molecule has 0 aromatic heterocycles. The number of thioether (sulfide) groups is 1. The number of hydrogen-bond acceptors (Lipinski definition) is 4. The Hall–Kier alpha value is -3.32. The second kappa shape index (κ2) is 8.81. The van der Waals surface area contributed by atoms with Gasteiger partial charge >= 0.3 is 0 Å². The Morgan fingerprint density at radius 1 is 1.13 bits per heavy atom. The third-order valence-electron chi connectivity index (χ3n) is 5.00. The zero-order valence-corrected chi connectivity index (χ0v) is 17.9. The minimum Gasteiger partial charge on any atom is -0.495 e. The van der Waals surface area contributed by atoms with Gasteiger partial charge in [-0.1, -0.05) is 18.2 Å². The highest BCUT2D eigenvalue weighted by Gasteiger charge is 2.35. The van der Waals surface area contributed by atoms with Crippen LogP contribution in [0, 0.1) is 12.7 Å². The largest absolute Gasteiger partial charge is 0.495 e. The standard InChI is InChI=1S/C24H21FN2O3S/c1-15-6-11-21(30-2)20(12-15)27-22(28)14-31-24(27)17-4-3-5-19(13-17)26-23(29)16-7-9-18(25)10-8-16/h3-13,24H,14H2,1-2H3,(H,26,29). The Morgan fingerprint density at radius 2 is 1.90 bits per heavy atom. The van der Waals surface area contributed by atoms with Gasteiger partial charge in [0.15, 0.2) is 0 Å². The highest BCUT2D eigenvalue weighted by molar-refractivity contribution is 8.00. The molecule has 3 aromatic carbocycles. The van der Waals surface area contributed by atoms with Crippen molar-refractivity contribution >= 4 is 35.0 Å². The Bertz CT molecular complexity index is 1130. The van der Waals surface area contributed by atoms with Crippen LogP contribution in [0.25, 0.3) is 0 Å². The minimum absolute atomic E-state index is 0.000323. The normalized spacial score (nSPS) is 15.8. The molecule has 0 saturated carbocycles. The second-order valence-electron chi connectivity index (χ2n) is 7.19. The van der Waals surface area contributed by atoms with Crippen molar-refractivity contribution < 1.29 is 18.7 Å². The number of ether oxygens (including phenoxy) is 1. The van der Waals surface area contributed by atoms with Gasteiger partial charge in [0.1, 0.15) is 16.9 Å². The summed E-state index contributed by atoms with van der Waals surface area (Å²) < 4.78 is 18.6. The fraction of sp³-hybridized carbons (Fsp3) is 0.167. The molecule has 1 aliphatic rings. The van der Waals surface area contributed by atoms with E-state index in [-0.39, 0.29) is 17.2 Å². The van der Waals surface area contributed by atoms with E-state index in [4.69, 9.17) is 4.74 Å². The number of nitrogens with one attached hydrogen (secondary N) is 1. The molecule has 4 rings (SSSR count). The van der Waals surface area contributed by atoms with Gasteiger partial charge in [0.2, 0.25) is 5.91 Å². The van der Waals surface area contributed by atoms with Crippen molar-refractivity contribution in [2.24, 2.45) is 0 Å². The van der Waals surface area contributed by atoms with Crippen molar-refractivity contribution in [2.45, 2.75) is 12.3 Å². The zero-order chi connectivity index (χ0) is 22.0. The molecule has 158 valence electrons. The number of anilines is 2. The lowest BCUT2D eigenvalue weighted by atomic mass is 10.1. The number of amides is 2. The highest BCUT2D eigenvalue weighted by atomic mass is 32.2. The maximum Gasteiger partial charge on any atom is 0.255 e. The van der Waals surface area contributed by atoms with Gasteiger partial charge in [-0.2, -0.15) is 0 Å². The summed E-state index contributed by atoms with van der Waals surface area (Å²) in [5.74, 6) is 0.262. The smallest absolute Gasteiger partial charge is 0.255 e. The first-order chi connectivity index (χ1) is 15.0. The molecule has 5 nitrogen and oxygen atoms in total. The van der Waals surface area contributed by atoms with Crippen LogP contribution >= 0.6 is 11.8 Å². The van der Waals surface area contributed by atoms with Gasteiger partial charge in [0.05, 0.1) is 18.6 Å². The third kappa shape index (κ3) is 4.41. The van der Waals surface area contributed by atoms with E-state index in [1.165, 1.54) is 36.0 Å². The minimum atomic E-state index is -0.395. The molecule has 1 aliphatic heterocycles. The van der Waals surface area contributed by atoms with Crippen LogP contribution in [0.1, 0.15) is 26.9 Å². The predicted molar refractivity (Wildman–Crippen MR) is 121 cm³/mol. The van der Waals surface area contributed by atoms with Crippen LogP contribution in [0.4, 0.5) is 15.8 Å². The Balaban J connectivity index is 1.62. The van der Waals surface area contributed by atoms with E-state index in [2.05, 4.69) is 5.32 Å². The quantitative estimate of drug-likeness (QED) is 0.599. The van der Waals surface area contributed by atoms with E-state index >= 15 is 0 Å². The topological polar surface area (TPSA) is 58.6 Å². The lowest BCUT2D eigenvalue weighted by molar-refractivity contribution is -0.115. The van der Waals surface area contributed by atoms with Crippen LogP contribution < -0.4 is 15.0 Å². The Morgan fingerprint density at radius 3 is 2.65 bits per heavy atom. The molecule has 1 heterocycles. The molecule has 1 fully saturated rings. The van der Waals surface area contributed by atoms with Crippen LogP contribution in [0.5, 0.6) is 5.75 Å². The summed E-state index contributed by atoms with van der Waals surface area (Å²) in [4.78, 5) is 27.0. The number of rotatable bonds is 5. The van der Waals surface area contributed by atoms with Gasteiger partial charge in [-0.25, -0.2) is 4.39 Å². The maximum atomic E-state index is 13.1. The predicted octanol–water partition coefficient (Wildman–Crippen LogP) is 5.17. The lowest BCUT2D eigenvalue weighted by Gasteiger charge is -2.26. The number of nitrogens with zero attached hydrogens (tertiary/aromatic N) is 1. The summed E-state index contributed by atoms with van der Waals surface area (Å²) in [5.41, 5.74) is 3.60. The van der Waals surface area contributed by atoms with Crippen molar-refractivity contribution in [3.63, 3.8) is 0 Å². The monoisotopic (exact) mass is 436 g/mol. The van der Waals surface area contributed by atoms with E-state index < -0.39 is 5.82 Å². The number of benzene rings is 3. The molecule has 1 N–H and O–H groups in total. The van der Waals surface area contributed by atoms with E-state index in [0.29, 0.717) is 22.8 Å². The summed E-state index contributed by atoms with van der Waals surface area (Å²) in [6, 6.07) is 18.5. The fourth-order valence-corrected chi connectivity index (χ4v) is 4.65. The summed E-state index contributed by atoms with van der Waals surface area (Å²) in [5, 5.41) is 2.60. The molecule has 1 atom stereocenters. The molecule has 0 spiro atoms. The number of aryl methyl sites for hydroxylation is 1. The number of carbonyl (C=O) groups is 2. The SMILES string of the molecule is COc1ccc(C)cc1N1C(=O)CSC1c1cccc(NC(=O)c2ccc(F)cc2)c1. The van der Waals surface area contributed by atoms with E-state index in [9.17, 15) is 14.0 Å². The van der Waals surface area contributed by atoms with Gasteiger partial charge in [-0.3, -0.25) is 14.5 Å². The molecule has 0 radical (unpaired) electrons. The Labute approximate surface area is 184 Å². The molecular weight excluding hydrogens is 415 g/mol. The fourth-order valence-electron chi connectivity index (χ4n) is 3.49. The van der Waals surface area contributed by atoms with Gasteiger partial charge in [0, 0.05) is 11.3 Å². The molecule has 1 saturated heterocycles. The summed E-state index contributed by atoms with van der Waals surface area (Å²) in [6.45, 7) is 1.97. The van der Waals surface area contributed by atoms with Gasteiger partial charge in [0.25, 0.3) is 5.91 Å². The molecule has 3 aromatic rings. The van der Waals surface area contributed by atoms with Crippen molar-refractivity contribution in [2.75, 3.05) is 23.1 Å². The van der Waals surface area contributed by atoms with Crippen LogP contribution in [-0.4, -0.2) is 24.7 Å². The van der Waals surface area contributed by atoms with Crippen LogP contribution in [0.3, 0.4) is 0 Å². The van der Waals surface area contributed by atoms with Crippen LogP contribution in [0.15, 0.2) is 66.7 Å². The maximum absolute atomic E-state index is 13.1. The van der Waals surface area contributed by atoms with Crippen molar-refractivity contribution in [1.82, 2.24) is 0 Å². The van der Waals surface area contributed by atoms with Crippen molar-refractivity contribution in [3.8, 4) is 5.75 Å². The second-order valence-corrected chi connectivity index (χ2v) is 8.26. The first-order valence-corrected chi connectivity index (χ1v) is 10.8. The van der Waals surface area contributed by atoms with E-state index in [0.717, 1.165) is 16.8 Å². The molecule has 7 heteroatoms. The lowest BCUT2D eigenvalue weighted by Crippen LogP contribution is -2.28. The van der Waals surface area contributed by atoms with Crippen LogP contribution in [0.2, 0.25) is 0 Å². The number of carbonyl (C=O) groups excluding carboxylic acids is 2. The molecule has 0 aliphatic carbocycles. The molecule has 2 amide bonds. The molecule has 1 unspecified atom stereocenters. The number of hydrogen-bond donors (Lipinski definition) is 1. The summed E-state index contributed by atoms with van der Waals surface area (Å²) >= 11 is 1.52. The van der Waals surface area contributed by atoms with Crippen molar-refractivity contribution in [3.05, 3.63) is 89.2 Å². The molecular formula is C24H21FN2O3S. The summed E-state index contributed by atoms with van der Waals surface area (Å²) in [7, 11) is 1.59. The highest BCUT2D eigenvalue weighted by Crippen LogP contribution is 2.45. The van der Waals surface area contributed by atoms with E-state index in [1.807, 2.05) is 43.3 Å². The van der Waals surface area contributed by atoms with E-state index in [1.54, 1.807) is 18.1 Å². The van der Waals surface area contributed by atoms with Gasteiger partial charge < -0.3 is 10.1 Å². The van der Waals surface area contributed by atoms with Crippen LogP contribution in [-0.2, 0) is 4.79 Å². The first kappa shape index (κ1) is 20.9. The average Bonchev–Trinajstić information content (AvgIpc) is 3.15. The molecule has 0 bridgehead atoms. The van der Waals surface area contributed by atoms with Crippen molar-refractivity contribution in [1.29, 1.82) is 0 Å². The molecule has 31 heavy (non-hydrogen) atoms. The first-order valence-electron chi connectivity index (χ1n) is 9.71. The van der Waals surface area contributed by atoms with Gasteiger partial charge in [-0.05, 0) is 66.6 Å². The Kier molecular flexibility index (Phi) is 5.95. The number of halogens is 1. The summed E-state index contributed by atoms with van der Waals surface area (Å²) in [6.07, 6.45) is 0. The average molecular weight is 437 g/mol. The number of methoxy groups -OCH3 is 1. The third-order valence-corrected chi connectivity index (χ3v) is 6.21. The van der Waals surface area contributed by atoms with Gasteiger partial charge in [-0.15, -0.1) is 11.8 Å². The zero-order valence-electron chi connectivity index (χ0n) is 17.1.